The number of hydrogen-bond acceptors (Lipinski definition) is 3. The first-order valence-corrected chi connectivity index (χ1v) is 2.38. The predicted molar refractivity (Wildman–Crippen MR) is 33.8 cm³/mol. The molecule has 1 atom stereocenters. The summed E-state index contributed by atoms with van der Waals surface area (Å²) in [6.45, 7) is 2.38. The van der Waals surface area contributed by atoms with E-state index >= 15 is 0 Å². The Balaban J connectivity index is 3.21. The molecule has 0 saturated carbocycles. The number of nitrogens with zero attached hydrogens (tertiary/aromatic N) is 1. The summed E-state index contributed by atoms with van der Waals surface area (Å²) in [6.07, 6.45) is 1.18. The Morgan fingerprint density at radius 1 is 2.00 bits per heavy atom. The van der Waals surface area contributed by atoms with Gasteiger partial charge < -0.3 is 10.4 Å². The van der Waals surface area contributed by atoms with Crippen LogP contribution in [0.25, 0.3) is 0 Å². The van der Waals surface area contributed by atoms with Crippen LogP contribution in [-0.2, 0) is 4.65 Å². The zero-order valence-electron chi connectivity index (χ0n) is 4.87. The van der Waals surface area contributed by atoms with E-state index < -0.39 is 0 Å². The van der Waals surface area contributed by atoms with E-state index in [9.17, 15) is 0 Å². The lowest BCUT2D eigenvalue weighted by Gasteiger charge is -1.97. The van der Waals surface area contributed by atoms with Crippen molar-refractivity contribution < 1.29 is 4.65 Å². The molecule has 0 aliphatic rings. The van der Waals surface area contributed by atoms with E-state index in [-0.39, 0.29) is 6.04 Å². The van der Waals surface area contributed by atoms with Crippen molar-refractivity contribution in [1.82, 2.24) is 0 Å². The van der Waals surface area contributed by atoms with Crippen LogP contribution in [0.4, 0.5) is 0 Å². The Kier molecular flexibility index (Phi) is 4.36. The average Bonchev–Trinajstić information content (AvgIpc) is 1.83. The molecule has 0 amide bonds. The summed E-state index contributed by atoms with van der Waals surface area (Å²) in [6, 6.07) is 0.0959. The van der Waals surface area contributed by atoms with Crippen LogP contribution in [0.2, 0.25) is 0 Å². The van der Waals surface area contributed by atoms with Crippen molar-refractivity contribution in [3.8, 4) is 0 Å². The summed E-state index contributed by atoms with van der Waals surface area (Å²) in [5.41, 5.74) is 5.20. The van der Waals surface area contributed by atoms with Crippen molar-refractivity contribution in [2.75, 3.05) is 6.54 Å². The van der Waals surface area contributed by atoms with Gasteiger partial charge in [0.1, 0.15) is 0 Å². The third kappa shape index (κ3) is 3.68. The lowest BCUT2D eigenvalue weighted by molar-refractivity contribution is 0.620. The Labute approximate surface area is 50.4 Å². The summed E-state index contributed by atoms with van der Waals surface area (Å²) in [4.78, 5) is 3.76. The molecule has 0 bridgehead atoms. The monoisotopic (exact) mass is 112 g/mol. The van der Waals surface area contributed by atoms with Gasteiger partial charge in [-0.15, -0.1) is 0 Å². The molecule has 0 aliphatic carbocycles. The first-order valence-electron chi connectivity index (χ1n) is 2.38. The number of rotatable bonds is 3. The van der Waals surface area contributed by atoms with E-state index in [1.807, 2.05) is 6.92 Å². The van der Waals surface area contributed by atoms with Gasteiger partial charge in [0.15, 0.2) is 6.40 Å². The topological polar surface area (TPSA) is 47.6 Å². The number of aliphatic imine (C=N–C) groups is 1. The first-order chi connectivity index (χ1) is 3.81. The highest BCUT2D eigenvalue weighted by atomic mass is 16.4. The van der Waals surface area contributed by atoms with E-state index in [1.54, 1.807) is 0 Å². The third-order valence-electron chi connectivity index (χ3n) is 0.717. The maximum Gasteiger partial charge on any atom is 0.375 e. The zero-order valence-corrected chi connectivity index (χ0v) is 4.87. The first kappa shape index (κ1) is 7.49. The summed E-state index contributed by atoms with van der Waals surface area (Å²) in [7, 11) is 4.64. The minimum Gasteiger partial charge on any atom is -0.560 e. The van der Waals surface area contributed by atoms with E-state index in [4.69, 9.17) is 5.73 Å². The summed E-state index contributed by atoms with van der Waals surface area (Å²) in [5, 5.41) is 0. The largest absolute Gasteiger partial charge is 0.560 e. The predicted octanol–water partition coefficient (Wildman–Crippen LogP) is -0.538. The Hall–Kier alpha value is -0.505. The molecule has 0 aromatic heterocycles. The van der Waals surface area contributed by atoms with Crippen molar-refractivity contribution in [3.63, 3.8) is 0 Å². The molecule has 8 heavy (non-hydrogen) atoms. The van der Waals surface area contributed by atoms with Crippen molar-refractivity contribution in [1.29, 1.82) is 0 Å². The number of hydrogen-bond donors (Lipinski definition) is 1. The molecule has 4 heteroatoms. The molecule has 0 spiro atoms. The second-order valence-electron chi connectivity index (χ2n) is 1.48. The summed E-state index contributed by atoms with van der Waals surface area (Å²) in [5.74, 6) is 0. The molecule has 0 aromatic carbocycles. The fourth-order valence-electron chi connectivity index (χ4n) is 0.200. The van der Waals surface area contributed by atoms with Crippen LogP contribution < -0.4 is 5.73 Å². The van der Waals surface area contributed by atoms with Crippen molar-refractivity contribution in [2.24, 2.45) is 10.7 Å². The Morgan fingerprint density at radius 3 is 3.00 bits per heavy atom. The molecule has 0 saturated heterocycles. The maximum absolute atomic E-state index is 5.20. The fourth-order valence-corrected chi connectivity index (χ4v) is 0.200. The van der Waals surface area contributed by atoms with Crippen molar-refractivity contribution >= 4 is 14.4 Å². The molecule has 2 radical (unpaired) electrons. The zero-order chi connectivity index (χ0) is 6.41. The second-order valence-corrected chi connectivity index (χ2v) is 1.48. The van der Waals surface area contributed by atoms with E-state index in [1.165, 1.54) is 6.40 Å². The van der Waals surface area contributed by atoms with Crippen LogP contribution in [0.3, 0.4) is 0 Å². The quantitative estimate of drug-likeness (QED) is 0.303. The van der Waals surface area contributed by atoms with Gasteiger partial charge in [0, 0.05) is 6.54 Å². The van der Waals surface area contributed by atoms with Crippen molar-refractivity contribution in [3.05, 3.63) is 0 Å². The normalized spacial score (nSPS) is 14.2. The Bertz CT molecular complexity index is 76.4. The van der Waals surface area contributed by atoms with Gasteiger partial charge in [0.05, 0.1) is 6.04 Å². The van der Waals surface area contributed by atoms with Gasteiger partial charge in [-0.1, -0.05) is 0 Å². The highest BCUT2D eigenvalue weighted by molar-refractivity contribution is 6.02. The van der Waals surface area contributed by atoms with Gasteiger partial charge in [0.2, 0.25) is 0 Å². The molecule has 0 heterocycles. The minimum atomic E-state index is 0.0959. The Morgan fingerprint density at radius 2 is 2.62 bits per heavy atom. The van der Waals surface area contributed by atoms with Crippen LogP contribution in [0.5, 0.6) is 0 Å². The van der Waals surface area contributed by atoms with Gasteiger partial charge in [-0.3, -0.25) is 4.99 Å². The fraction of sp³-hybridized carbons (Fsp3) is 0.750. The minimum absolute atomic E-state index is 0.0959. The van der Waals surface area contributed by atoms with Crippen LogP contribution in [0.15, 0.2) is 4.99 Å². The number of nitrogens with two attached hydrogens (primary N) is 1. The van der Waals surface area contributed by atoms with E-state index in [2.05, 4.69) is 17.7 Å². The molecule has 3 nitrogen and oxygen atoms in total. The average molecular weight is 112 g/mol. The molecule has 2 N–H and O–H groups in total. The summed E-state index contributed by atoms with van der Waals surface area (Å²) >= 11 is 0. The lowest BCUT2D eigenvalue weighted by atomic mass is 10.4. The molecule has 0 aromatic rings. The molecule has 1 unspecified atom stereocenters. The summed E-state index contributed by atoms with van der Waals surface area (Å²) < 4.78 is 4.07. The van der Waals surface area contributed by atoms with E-state index in [0.29, 0.717) is 6.54 Å². The molecular formula is C4H9BN2O. The van der Waals surface area contributed by atoms with Crippen LogP contribution >= 0.6 is 0 Å². The van der Waals surface area contributed by atoms with Gasteiger partial charge >= 0.3 is 8.05 Å². The maximum atomic E-state index is 5.20. The molecule has 44 valence electrons. The molecule has 0 fully saturated rings. The highest BCUT2D eigenvalue weighted by Gasteiger charge is 1.88. The van der Waals surface area contributed by atoms with Gasteiger partial charge in [0.25, 0.3) is 0 Å². The van der Waals surface area contributed by atoms with Crippen molar-refractivity contribution in [2.45, 2.75) is 13.0 Å². The third-order valence-corrected chi connectivity index (χ3v) is 0.717. The van der Waals surface area contributed by atoms with Gasteiger partial charge in [-0.05, 0) is 6.92 Å². The smallest absolute Gasteiger partial charge is 0.375 e. The van der Waals surface area contributed by atoms with Crippen LogP contribution in [0, 0.1) is 0 Å². The molecule has 0 aliphatic heterocycles. The van der Waals surface area contributed by atoms with Gasteiger partial charge in [-0.25, -0.2) is 0 Å². The van der Waals surface area contributed by atoms with Crippen LogP contribution in [-0.4, -0.2) is 27.0 Å². The van der Waals surface area contributed by atoms with Crippen LogP contribution in [0.1, 0.15) is 6.92 Å². The lowest BCUT2D eigenvalue weighted by Crippen LogP contribution is -2.13. The molecule has 0 rings (SSSR count). The second kappa shape index (κ2) is 4.65. The standard InChI is InChI=1S/C4H9BN2O/c1-4(2-6)7-3-8-5/h3-4H,2,6H2,1H3. The SMILES string of the molecule is [B]OC=NC(C)CN. The molecular weight excluding hydrogens is 103 g/mol. The van der Waals surface area contributed by atoms with Gasteiger partial charge in [-0.2, -0.15) is 0 Å². The van der Waals surface area contributed by atoms with E-state index in [0.717, 1.165) is 0 Å². The highest BCUT2D eigenvalue weighted by Crippen LogP contribution is 1.80.